The van der Waals surface area contributed by atoms with Gasteiger partial charge in [0.2, 0.25) is 0 Å². The van der Waals surface area contributed by atoms with Crippen molar-refractivity contribution in [2.45, 2.75) is 26.3 Å². The Kier molecular flexibility index (Phi) is 7.16. The molecule has 2 aromatic carbocycles. The van der Waals surface area contributed by atoms with Crippen LogP contribution in [0.4, 0.5) is 13.6 Å². The monoisotopic (exact) mass is 396 g/mol. The van der Waals surface area contributed by atoms with Crippen LogP contribution < -0.4 is 10.1 Å². The second-order valence-corrected chi connectivity index (χ2v) is 6.52. The quantitative estimate of drug-likeness (QED) is 0.804. The van der Waals surface area contributed by atoms with Crippen LogP contribution in [-0.2, 0) is 0 Å². The summed E-state index contributed by atoms with van der Waals surface area (Å²) >= 11 is 5.90. The Balaban J connectivity index is 0.00000261. The van der Waals surface area contributed by atoms with Gasteiger partial charge in [-0.3, -0.25) is 0 Å². The number of hydrogen-bond donors (Lipinski definition) is 1. The number of hydrogen-bond acceptors (Lipinski definition) is 3. The van der Waals surface area contributed by atoms with Crippen LogP contribution in [0.2, 0.25) is 5.02 Å². The highest BCUT2D eigenvalue weighted by Gasteiger charge is 2.36. The maximum Gasteiger partial charge on any atom is 0.415 e. The molecule has 1 saturated heterocycles. The molecule has 0 aliphatic carbocycles. The molecule has 1 heterocycles. The highest BCUT2D eigenvalue weighted by atomic mass is 35.5. The molecule has 4 nitrogen and oxygen atoms in total. The summed E-state index contributed by atoms with van der Waals surface area (Å²) < 4.78 is 31.8. The first-order chi connectivity index (χ1) is 12.5. The fraction of sp³-hybridized carbons (Fsp3) is 0.350. The van der Waals surface area contributed by atoms with E-state index >= 15 is 0 Å². The molecule has 3 rings (SSSR count). The smallest absolute Gasteiger partial charge is 0.410 e. The van der Waals surface area contributed by atoms with Gasteiger partial charge in [0.05, 0.1) is 11.1 Å². The molecule has 0 spiro atoms. The molecule has 146 valence electrons. The molecule has 0 bridgehead atoms. The first-order valence-electron chi connectivity index (χ1n) is 8.39. The molecular formula is C20H23ClF2N2O2. The third-order valence-corrected chi connectivity index (χ3v) is 4.84. The van der Waals surface area contributed by atoms with E-state index in [1.165, 1.54) is 30.3 Å². The number of likely N-dealkylation sites (N-methyl/N-ethyl adjacent to an activating group) is 1. The zero-order valence-electron chi connectivity index (χ0n) is 14.2. The third-order valence-electron chi connectivity index (χ3n) is 4.55. The lowest BCUT2D eigenvalue weighted by atomic mass is 9.93. The van der Waals surface area contributed by atoms with Crippen LogP contribution in [0.3, 0.4) is 0 Å². The molecule has 0 radical (unpaired) electrons. The predicted molar refractivity (Wildman–Crippen MR) is 102 cm³/mol. The Labute approximate surface area is 163 Å². The Morgan fingerprint density at radius 1 is 1.22 bits per heavy atom. The lowest BCUT2D eigenvalue weighted by Gasteiger charge is -2.31. The number of rotatable bonds is 4. The molecule has 0 unspecified atom stereocenters. The Morgan fingerprint density at radius 3 is 2.56 bits per heavy atom. The molecule has 2 atom stereocenters. The number of amides is 1. The summed E-state index contributed by atoms with van der Waals surface area (Å²) in [6.07, 6.45) is -0.508. The van der Waals surface area contributed by atoms with E-state index in [9.17, 15) is 13.6 Å². The van der Waals surface area contributed by atoms with Crippen LogP contribution >= 0.6 is 11.6 Å². The summed E-state index contributed by atoms with van der Waals surface area (Å²) in [5, 5.41) is 3.32. The van der Waals surface area contributed by atoms with E-state index in [2.05, 4.69) is 5.32 Å². The number of nitrogens with zero attached hydrogens (tertiary/aromatic N) is 1. The average molecular weight is 397 g/mol. The molecule has 0 saturated carbocycles. The van der Waals surface area contributed by atoms with Crippen molar-refractivity contribution in [3.05, 3.63) is 64.7 Å². The Hall–Kier alpha value is -2.18. The van der Waals surface area contributed by atoms with Gasteiger partial charge < -0.3 is 15.0 Å². The highest BCUT2D eigenvalue weighted by molar-refractivity contribution is 6.30. The van der Waals surface area contributed by atoms with Gasteiger partial charge in [-0.25, -0.2) is 13.6 Å². The van der Waals surface area contributed by atoms with Crippen molar-refractivity contribution >= 4 is 17.7 Å². The van der Waals surface area contributed by atoms with Gasteiger partial charge >= 0.3 is 6.09 Å². The summed E-state index contributed by atoms with van der Waals surface area (Å²) in [6, 6.07) is 9.75. The van der Waals surface area contributed by atoms with Crippen molar-refractivity contribution in [2.75, 3.05) is 19.6 Å². The normalized spacial score (nSPS) is 18.7. The van der Waals surface area contributed by atoms with E-state index in [-0.39, 0.29) is 30.2 Å². The second kappa shape index (κ2) is 9.15. The van der Waals surface area contributed by atoms with Crippen LogP contribution in [0.1, 0.15) is 25.8 Å². The van der Waals surface area contributed by atoms with Gasteiger partial charge in [0, 0.05) is 25.6 Å². The van der Waals surface area contributed by atoms with Crippen LogP contribution in [0.15, 0.2) is 42.5 Å². The standard InChI is InChI=1S/C19H19ClF2N2O2.CH4/c1-2-24(19(25)26-14-6-4-13(21)5-7-14)18-11-23-10-15(18)12-3-8-17(22)16(20)9-12;/h3-9,15,18,23H,2,10-11H2,1H3;1H4/t15-,18+;/m0./s1. The van der Waals surface area contributed by atoms with E-state index in [1.54, 1.807) is 17.0 Å². The van der Waals surface area contributed by atoms with Crippen molar-refractivity contribution in [3.63, 3.8) is 0 Å². The van der Waals surface area contributed by atoms with Crippen molar-refractivity contribution in [3.8, 4) is 5.75 Å². The maximum atomic E-state index is 13.4. The minimum atomic E-state index is -0.508. The van der Waals surface area contributed by atoms with Gasteiger partial charge in [-0.15, -0.1) is 0 Å². The summed E-state index contributed by atoms with van der Waals surface area (Å²) in [5.41, 5.74) is 0.861. The average Bonchev–Trinajstić information content (AvgIpc) is 3.09. The SMILES string of the molecule is C.CCN(C(=O)Oc1ccc(F)cc1)[C@@H]1CNC[C@H]1c1ccc(F)c(Cl)c1. The minimum absolute atomic E-state index is 0. The topological polar surface area (TPSA) is 41.6 Å². The minimum Gasteiger partial charge on any atom is -0.410 e. The fourth-order valence-corrected chi connectivity index (χ4v) is 3.43. The van der Waals surface area contributed by atoms with Gasteiger partial charge in [-0.1, -0.05) is 25.1 Å². The second-order valence-electron chi connectivity index (χ2n) is 6.11. The summed E-state index contributed by atoms with van der Waals surface area (Å²) in [5.74, 6) is -0.623. The van der Waals surface area contributed by atoms with Gasteiger partial charge in [0.25, 0.3) is 0 Å². The van der Waals surface area contributed by atoms with Gasteiger partial charge in [0.1, 0.15) is 17.4 Å². The van der Waals surface area contributed by atoms with Crippen LogP contribution in [0.5, 0.6) is 5.75 Å². The third kappa shape index (κ3) is 4.76. The van der Waals surface area contributed by atoms with Crippen molar-refractivity contribution in [1.82, 2.24) is 10.2 Å². The number of carbonyl (C=O) groups excluding carboxylic acids is 1. The molecule has 1 aliphatic heterocycles. The molecule has 1 fully saturated rings. The number of carbonyl (C=O) groups is 1. The number of nitrogens with one attached hydrogen (secondary N) is 1. The lowest BCUT2D eigenvalue weighted by molar-refractivity contribution is 0.134. The summed E-state index contributed by atoms with van der Waals surface area (Å²) in [6.45, 7) is 3.54. The molecule has 1 amide bonds. The first-order valence-corrected chi connectivity index (χ1v) is 8.77. The lowest BCUT2D eigenvalue weighted by Crippen LogP contribution is -2.45. The predicted octanol–water partition coefficient (Wildman–Crippen LogP) is 4.83. The van der Waals surface area contributed by atoms with Crippen molar-refractivity contribution in [1.29, 1.82) is 0 Å². The van der Waals surface area contributed by atoms with Crippen LogP contribution in [0, 0.1) is 11.6 Å². The Morgan fingerprint density at radius 2 is 1.93 bits per heavy atom. The number of halogens is 3. The fourth-order valence-electron chi connectivity index (χ4n) is 3.24. The molecule has 2 aromatic rings. The van der Waals surface area contributed by atoms with Crippen LogP contribution in [-0.4, -0.2) is 36.7 Å². The molecule has 0 aromatic heterocycles. The van der Waals surface area contributed by atoms with Crippen LogP contribution in [0.25, 0.3) is 0 Å². The van der Waals surface area contributed by atoms with Gasteiger partial charge in [-0.2, -0.15) is 0 Å². The zero-order chi connectivity index (χ0) is 18.7. The maximum absolute atomic E-state index is 13.4. The van der Waals surface area contributed by atoms with Gasteiger partial charge in [0.15, 0.2) is 0 Å². The molecular weight excluding hydrogens is 374 g/mol. The summed E-state index contributed by atoms with van der Waals surface area (Å²) in [4.78, 5) is 14.2. The molecule has 1 N–H and O–H groups in total. The van der Waals surface area contributed by atoms with E-state index in [1.807, 2.05) is 6.92 Å². The van der Waals surface area contributed by atoms with Crippen molar-refractivity contribution in [2.24, 2.45) is 0 Å². The molecule has 1 aliphatic rings. The van der Waals surface area contributed by atoms with E-state index in [0.29, 0.717) is 19.6 Å². The molecule has 27 heavy (non-hydrogen) atoms. The largest absolute Gasteiger partial charge is 0.415 e. The van der Waals surface area contributed by atoms with E-state index in [0.717, 1.165) is 5.56 Å². The number of benzene rings is 2. The van der Waals surface area contributed by atoms with E-state index in [4.69, 9.17) is 16.3 Å². The Bertz CT molecular complexity index is 786. The first kappa shape index (κ1) is 21.1. The van der Waals surface area contributed by atoms with Gasteiger partial charge in [-0.05, 0) is 48.9 Å². The number of ether oxygens (including phenoxy) is 1. The summed E-state index contributed by atoms with van der Waals surface area (Å²) in [7, 11) is 0. The van der Waals surface area contributed by atoms with Crippen molar-refractivity contribution < 1.29 is 18.3 Å². The molecule has 7 heteroatoms. The van der Waals surface area contributed by atoms with E-state index < -0.39 is 17.7 Å². The highest BCUT2D eigenvalue weighted by Crippen LogP contribution is 2.30. The zero-order valence-corrected chi connectivity index (χ0v) is 15.0.